The summed E-state index contributed by atoms with van der Waals surface area (Å²) < 4.78 is 46.2. The molecule has 43 heavy (non-hydrogen) atoms. The summed E-state index contributed by atoms with van der Waals surface area (Å²) >= 11 is 1.55. The lowest BCUT2D eigenvalue weighted by molar-refractivity contribution is -0.143. The second-order valence-electron chi connectivity index (χ2n) is 11.8. The lowest BCUT2D eigenvalue weighted by Crippen LogP contribution is -2.49. The van der Waals surface area contributed by atoms with E-state index in [1.54, 1.807) is 48.2 Å². The molecule has 10 heteroatoms. The lowest BCUT2D eigenvalue weighted by atomic mass is 9.87. The van der Waals surface area contributed by atoms with E-state index in [1.165, 1.54) is 31.2 Å². The predicted molar refractivity (Wildman–Crippen MR) is 170 cm³/mol. The zero-order valence-electron chi connectivity index (χ0n) is 25.8. The van der Waals surface area contributed by atoms with Gasteiger partial charge in [0.25, 0.3) is 0 Å². The number of carboxylic acid groups (broad SMARTS) is 1. The van der Waals surface area contributed by atoms with Crippen LogP contribution >= 0.6 is 11.8 Å². The summed E-state index contributed by atoms with van der Waals surface area (Å²) in [6, 6.07) is 17.8. The van der Waals surface area contributed by atoms with Crippen molar-refractivity contribution in [3.05, 3.63) is 82.9 Å². The average Bonchev–Trinajstić information content (AvgIpc) is 2.98. The van der Waals surface area contributed by atoms with Gasteiger partial charge in [-0.05, 0) is 59.7 Å². The Kier molecular flexibility index (Phi) is 10.0. The van der Waals surface area contributed by atoms with E-state index in [9.17, 15) is 18.3 Å². The molecule has 0 saturated carbocycles. The monoisotopic (exact) mass is 627 g/mol. The van der Waals surface area contributed by atoms with Gasteiger partial charge in [-0.2, -0.15) is 16.1 Å². The van der Waals surface area contributed by atoms with Crippen LogP contribution < -0.4 is 14.2 Å². The molecule has 0 bridgehead atoms. The van der Waals surface area contributed by atoms with Gasteiger partial charge in [0.15, 0.2) is 11.5 Å². The fraction of sp³-hybridized carbons (Fsp3) is 0.424. The lowest BCUT2D eigenvalue weighted by Gasteiger charge is -2.42. The zero-order chi connectivity index (χ0) is 31.5. The first-order valence-corrected chi connectivity index (χ1v) is 16.6. The number of hydrogen-bond acceptors (Lipinski definition) is 7. The molecular weight excluding hydrogens is 586 g/mol. The van der Waals surface area contributed by atoms with Crippen LogP contribution in [-0.4, -0.2) is 56.9 Å². The van der Waals surface area contributed by atoms with Crippen molar-refractivity contribution in [1.82, 2.24) is 4.31 Å². The number of hydrogen-bond donors (Lipinski definition) is 1. The summed E-state index contributed by atoms with van der Waals surface area (Å²) in [5, 5.41) is 9.97. The summed E-state index contributed by atoms with van der Waals surface area (Å²) in [4.78, 5) is 12.7. The molecule has 3 aromatic rings. The van der Waals surface area contributed by atoms with Gasteiger partial charge < -0.3 is 19.3 Å². The van der Waals surface area contributed by atoms with Gasteiger partial charge in [-0.3, -0.25) is 4.79 Å². The van der Waals surface area contributed by atoms with Gasteiger partial charge in [0.05, 0.1) is 38.2 Å². The Morgan fingerprint density at radius 3 is 2.02 bits per heavy atom. The van der Waals surface area contributed by atoms with Gasteiger partial charge in [0.2, 0.25) is 15.8 Å². The number of carbonyl (C=O) groups is 1. The van der Waals surface area contributed by atoms with E-state index >= 15 is 0 Å². The highest BCUT2D eigenvalue weighted by atomic mass is 32.2. The summed E-state index contributed by atoms with van der Waals surface area (Å²) in [6.07, 6.45) is 0.283. The van der Waals surface area contributed by atoms with Crippen LogP contribution in [0.1, 0.15) is 55.5 Å². The normalized spacial score (nSPS) is 19.6. The summed E-state index contributed by atoms with van der Waals surface area (Å²) in [5.74, 6) is -0.136. The molecule has 0 amide bonds. The molecule has 3 aromatic carbocycles. The van der Waals surface area contributed by atoms with Crippen molar-refractivity contribution < 1.29 is 32.5 Å². The highest BCUT2D eigenvalue weighted by molar-refractivity contribution is 7.99. The van der Waals surface area contributed by atoms with E-state index in [4.69, 9.17) is 14.2 Å². The molecule has 8 nitrogen and oxygen atoms in total. The van der Waals surface area contributed by atoms with Crippen molar-refractivity contribution >= 4 is 27.8 Å². The van der Waals surface area contributed by atoms with Crippen LogP contribution in [0.5, 0.6) is 17.2 Å². The number of ether oxygens (including phenoxy) is 3. The minimum absolute atomic E-state index is 0.0313. The largest absolute Gasteiger partial charge is 0.493 e. The van der Waals surface area contributed by atoms with Crippen molar-refractivity contribution in [3.63, 3.8) is 0 Å². The summed E-state index contributed by atoms with van der Waals surface area (Å²) in [7, 11) is 0.462. The van der Waals surface area contributed by atoms with E-state index in [-0.39, 0.29) is 28.5 Å². The van der Waals surface area contributed by atoms with Crippen molar-refractivity contribution in [2.24, 2.45) is 5.92 Å². The molecule has 1 heterocycles. The standard InChI is InChI=1S/C33H41NO7S2/c1-21-8-14-25(15-9-21)43(37,38)34-19-26(32(35)36)30(42-20-22-10-12-24(13-11-22)33(2,3)4)18-27(34)23-16-28(39-5)31(41-7)29(17-23)40-6/h8-17,26-27,30H,18-20H2,1-7H3,(H,35,36)/t26-,27+,30-/m1/s1. The van der Waals surface area contributed by atoms with Crippen LogP contribution in [0.15, 0.2) is 65.6 Å². The van der Waals surface area contributed by atoms with Crippen molar-refractivity contribution in [2.75, 3.05) is 27.9 Å². The number of aliphatic carboxylic acids is 1. The molecule has 0 spiro atoms. The molecule has 0 unspecified atom stereocenters. The number of benzene rings is 3. The number of piperidine rings is 1. The molecule has 1 fully saturated rings. The van der Waals surface area contributed by atoms with Crippen LogP contribution in [-0.2, 0) is 26.0 Å². The van der Waals surface area contributed by atoms with Crippen LogP contribution in [0.2, 0.25) is 0 Å². The molecule has 3 atom stereocenters. The maximum atomic E-state index is 14.1. The fourth-order valence-electron chi connectivity index (χ4n) is 5.37. The Hall–Kier alpha value is -3.21. The summed E-state index contributed by atoms with van der Waals surface area (Å²) in [6.45, 7) is 8.20. The van der Waals surface area contributed by atoms with E-state index in [0.29, 0.717) is 28.6 Å². The third kappa shape index (κ3) is 7.13. The highest BCUT2D eigenvalue weighted by Gasteiger charge is 2.45. The Bertz CT molecular complexity index is 1510. The van der Waals surface area contributed by atoms with Gasteiger partial charge in [-0.25, -0.2) is 8.42 Å². The minimum Gasteiger partial charge on any atom is -0.493 e. The average molecular weight is 628 g/mol. The molecular formula is C33H41NO7S2. The van der Waals surface area contributed by atoms with Crippen LogP contribution in [0.4, 0.5) is 0 Å². The van der Waals surface area contributed by atoms with Crippen LogP contribution in [0, 0.1) is 12.8 Å². The number of rotatable bonds is 10. The predicted octanol–water partition coefficient (Wildman–Crippen LogP) is 6.46. The molecule has 1 aliphatic heterocycles. The van der Waals surface area contributed by atoms with Gasteiger partial charge in [0, 0.05) is 17.5 Å². The van der Waals surface area contributed by atoms with E-state index in [1.807, 2.05) is 6.92 Å². The molecule has 0 aromatic heterocycles. The Morgan fingerprint density at radius 1 is 0.953 bits per heavy atom. The first-order valence-electron chi connectivity index (χ1n) is 14.1. The number of sulfonamides is 1. The van der Waals surface area contributed by atoms with Crippen molar-refractivity contribution in [3.8, 4) is 17.2 Å². The minimum atomic E-state index is -4.06. The van der Waals surface area contributed by atoms with E-state index in [2.05, 4.69) is 45.0 Å². The third-order valence-electron chi connectivity index (χ3n) is 7.93. The summed E-state index contributed by atoms with van der Waals surface area (Å²) in [5.41, 5.74) is 3.90. The number of nitrogens with zero attached hydrogens (tertiary/aromatic N) is 1. The molecule has 1 aliphatic rings. The SMILES string of the molecule is COc1cc([C@@H]2C[C@@H](SCc3ccc(C(C)(C)C)cc3)[C@H](C(=O)O)CN2S(=O)(=O)c2ccc(C)cc2)cc(OC)c1OC. The van der Waals surface area contributed by atoms with Gasteiger partial charge in [0.1, 0.15) is 0 Å². The van der Waals surface area contributed by atoms with Crippen molar-refractivity contribution in [2.45, 2.75) is 61.5 Å². The zero-order valence-corrected chi connectivity index (χ0v) is 27.4. The Morgan fingerprint density at radius 2 is 1.53 bits per heavy atom. The molecule has 4 rings (SSSR count). The van der Waals surface area contributed by atoms with E-state index < -0.39 is 28.0 Å². The second kappa shape index (κ2) is 13.2. The molecule has 232 valence electrons. The van der Waals surface area contributed by atoms with E-state index in [0.717, 1.165) is 11.1 Å². The van der Waals surface area contributed by atoms with Crippen molar-refractivity contribution in [1.29, 1.82) is 0 Å². The smallest absolute Gasteiger partial charge is 0.308 e. The number of methoxy groups -OCH3 is 3. The molecule has 1 saturated heterocycles. The fourth-order valence-corrected chi connectivity index (χ4v) is 8.38. The van der Waals surface area contributed by atoms with Crippen LogP contribution in [0.25, 0.3) is 0 Å². The maximum Gasteiger partial charge on any atom is 0.308 e. The molecule has 0 radical (unpaired) electrons. The van der Waals surface area contributed by atoms with Gasteiger partial charge in [-0.1, -0.05) is 62.7 Å². The van der Waals surface area contributed by atoms with Gasteiger partial charge in [-0.15, -0.1) is 0 Å². The maximum absolute atomic E-state index is 14.1. The first-order chi connectivity index (χ1) is 20.3. The number of thioether (sulfide) groups is 1. The van der Waals surface area contributed by atoms with Gasteiger partial charge >= 0.3 is 5.97 Å². The molecule has 1 N–H and O–H groups in total. The third-order valence-corrected chi connectivity index (χ3v) is 11.3. The quantitative estimate of drug-likeness (QED) is 0.273. The number of carboxylic acids is 1. The van der Waals surface area contributed by atoms with Crippen LogP contribution in [0.3, 0.4) is 0 Å². The second-order valence-corrected chi connectivity index (χ2v) is 15.0. The highest BCUT2D eigenvalue weighted by Crippen LogP contribution is 2.47. The topological polar surface area (TPSA) is 102 Å². The molecule has 0 aliphatic carbocycles. The first kappa shape index (κ1) is 32.7. The Labute approximate surface area is 259 Å². The number of aryl methyl sites for hydroxylation is 1. The Balaban J connectivity index is 1.75.